The minimum atomic E-state index is -4.14. The topological polar surface area (TPSA) is 89.3 Å². The van der Waals surface area contributed by atoms with Gasteiger partial charge in [0, 0.05) is 18.9 Å². The van der Waals surface area contributed by atoms with Gasteiger partial charge >= 0.3 is 5.92 Å². The number of hydrogen-bond acceptors (Lipinski definition) is 3. The number of alkyl halides is 2. The molecule has 0 aliphatic rings. The van der Waals surface area contributed by atoms with Crippen LogP contribution in [0.1, 0.15) is 33.6 Å². The minimum Gasteiger partial charge on any atom is -0.370 e. The third-order valence-electron chi connectivity index (χ3n) is 2.69. The first-order valence-corrected chi connectivity index (χ1v) is 6.13. The van der Waals surface area contributed by atoms with Gasteiger partial charge in [-0.2, -0.15) is 8.78 Å². The molecule has 0 heterocycles. The summed E-state index contributed by atoms with van der Waals surface area (Å²) in [6.07, 6.45) is -0.0158. The Bertz CT molecular complexity index is 357. The number of ketones is 1. The van der Waals surface area contributed by atoms with Crippen LogP contribution in [-0.4, -0.2) is 30.1 Å². The van der Waals surface area contributed by atoms with Gasteiger partial charge in [-0.15, -0.1) is 0 Å². The monoisotopic (exact) mass is 278 g/mol. The molecule has 5 nitrogen and oxygen atoms in total. The normalized spacial score (nSPS) is 13.2. The lowest BCUT2D eigenvalue weighted by atomic mass is 9.85. The molecule has 0 aromatic heterocycles. The van der Waals surface area contributed by atoms with Crippen LogP contribution in [0.25, 0.3) is 0 Å². The number of primary amides is 1. The van der Waals surface area contributed by atoms with Crippen molar-refractivity contribution in [1.29, 1.82) is 0 Å². The molecule has 1 atom stereocenters. The van der Waals surface area contributed by atoms with E-state index in [9.17, 15) is 23.2 Å². The number of halogens is 2. The molecule has 0 radical (unpaired) electrons. The lowest BCUT2D eigenvalue weighted by molar-refractivity contribution is -0.162. The summed E-state index contributed by atoms with van der Waals surface area (Å²) < 4.78 is 27.4. The largest absolute Gasteiger partial charge is 0.381 e. The third-order valence-corrected chi connectivity index (χ3v) is 2.69. The van der Waals surface area contributed by atoms with Crippen molar-refractivity contribution >= 4 is 17.6 Å². The van der Waals surface area contributed by atoms with E-state index in [-0.39, 0.29) is 6.54 Å². The Morgan fingerprint density at radius 3 is 2.16 bits per heavy atom. The summed E-state index contributed by atoms with van der Waals surface area (Å²) >= 11 is 0. The Morgan fingerprint density at radius 1 is 1.26 bits per heavy atom. The lowest BCUT2D eigenvalue weighted by Gasteiger charge is -2.23. The van der Waals surface area contributed by atoms with Crippen molar-refractivity contribution in [3.63, 3.8) is 0 Å². The van der Waals surface area contributed by atoms with E-state index in [1.165, 1.54) is 13.8 Å². The summed E-state index contributed by atoms with van der Waals surface area (Å²) in [7, 11) is 0. The summed E-state index contributed by atoms with van der Waals surface area (Å²) in [5, 5.41) is 1.97. The van der Waals surface area contributed by atoms with Gasteiger partial charge in [0.2, 0.25) is 11.7 Å². The van der Waals surface area contributed by atoms with Crippen LogP contribution in [0.3, 0.4) is 0 Å². The van der Waals surface area contributed by atoms with Gasteiger partial charge in [0.15, 0.2) is 0 Å². The molecule has 0 spiro atoms. The molecule has 0 bridgehead atoms. The Morgan fingerprint density at radius 2 is 1.79 bits per heavy atom. The van der Waals surface area contributed by atoms with Crippen LogP contribution in [0, 0.1) is 11.8 Å². The molecule has 0 aliphatic carbocycles. The number of carbonyl (C=O) groups excluding carboxylic acids is 3. The van der Waals surface area contributed by atoms with Crippen molar-refractivity contribution in [2.24, 2.45) is 17.6 Å². The number of rotatable bonds is 8. The highest BCUT2D eigenvalue weighted by atomic mass is 19.3. The molecule has 1 unspecified atom stereocenters. The van der Waals surface area contributed by atoms with Crippen LogP contribution in [0.5, 0.6) is 0 Å². The highest BCUT2D eigenvalue weighted by Gasteiger charge is 2.50. The Balaban J connectivity index is 5.00. The first-order chi connectivity index (χ1) is 8.64. The number of nitrogens with one attached hydrogen (secondary N) is 1. The first kappa shape index (κ1) is 17.5. The molecular formula is C12H20F2N2O3. The standard InChI is InChI=1S/C12H20F2N2O3/c1-4-5-16-11(19)12(13,14)10(18)8(7(2)3)6-9(15)17/h7-8H,4-6H2,1-3H3,(H2,15,17)(H,16,19). The van der Waals surface area contributed by atoms with Crippen LogP contribution in [0.2, 0.25) is 0 Å². The van der Waals surface area contributed by atoms with Gasteiger partial charge in [-0.05, 0) is 12.3 Å². The predicted octanol–water partition coefficient (Wildman–Crippen LogP) is 0.865. The maximum Gasteiger partial charge on any atom is 0.381 e. The van der Waals surface area contributed by atoms with Crippen molar-refractivity contribution < 1.29 is 23.2 Å². The average molecular weight is 278 g/mol. The second-order valence-electron chi connectivity index (χ2n) is 4.72. The SMILES string of the molecule is CCCNC(=O)C(F)(F)C(=O)C(CC(N)=O)C(C)C. The first-order valence-electron chi connectivity index (χ1n) is 6.13. The van der Waals surface area contributed by atoms with E-state index in [0.717, 1.165) is 0 Å². The summed E-state index contributed by atoms with van der Waals surface area (Å²) in [5.74, 6) is -9.95. The molecule has 0 fully saturated rings. The van der Waals surface area contributed by atoms with Gasteiger partial charge in [0.05, 0.1) is 0 Å². The van der Waals surface area contributed by atoms with Crippen LogP contribution in [0.4, 0.5) is 8.78 Å². The summed E-state index contributed by atoms with van der Waals surface area (Å²) in [6, 6.07) is 0. The maximum absolute atomic E-state index is 13.7. The second kappa shape index (κ2) is 7.16. The zero-order chi connectivity index (χ0) is 15.2. The quantitative estimate of drug-likeness (QED) is 0.645. The van der Waals surface area contributed by atoms with E-state index in [1.807, 2.05) is 5.32 Å². The fourth-order valence-electron chi connectivity index (χ4n) is 1.54. The Kier molecular flexibility index (Phi) is 6.58. The van der Waals surface area contributed by atoms with E-state index >= 15 is 0 Å². The average Bonchev–Trinajstić information content (AvgIpc) is 2.31. The van der Waals surface area contributed by atoms with Crippen molar-refractivity contribution in [3.8, 4) is 0 Å². The maximum atomic E-state index is 13.7. The second-order valence-corrected chi connectivity index (χ2v) is 4.72. The third kappa shape index (κ3) is 4.92. The molecule has 0 aromatic carbocycles. The van der Waals surface area contributed by atoms with Gasteiger partial charge in [0.25, 0.3) is 5.91 Å². The van der Waals surface area contributed by atoms with E-state index in [4.69, 9.17) is 5.73 Å². The Labute approximate surface area is 110 Å². The summed E-state index contributed by atoms with van der Waals surface area (Å²) in [6.45, 7) is 4.80. The van der Waals surface area contributed by atoms with Crippen LogP contribution in [-0.2, 0) is 14.4 Å². The Hall–Kier alpha value is -1.53. The molecule has 3 N–H and O–H groups in total. The fourth-order valence-corrected chi connectivity index (χ4v) is 1.54. The van der Waals surface area contributed by atoms with Crippen molar-refractivity contribution in [2.45, 2.75) is 39.5 Å². The molecular weight excluding hydrogens is 258 g/mol. The molecule has 0 saturated heterocycles. The molecule has 0 saturated carbocycles. The number of nitrogens with two attached hydrogens (primary N) is 1. The van der Waals surface area contributed by atoms with Gasteiger partial charge in [-0.3, -0.25) is 14.4 Å². The molecule has 7 heteroatoms. The minimum absolute atomic E-state index is 0.0594. The molecule has 110 valence electrons. The number of Topliss-reactive ketones (excluding diaryl/α,β-unsaturated/α-hetero) is 1. The number of carbonyl (C=O) groups is 3. The zero-order valence-corrected chi connectivity index (χ0v) is 11.3. The predicted molar refractivity (Wildman–Crippen MR) is 65.4 cm³/mol. The van der Waals surface area contributed by atoms with Crippen molar-refractivity contribution in [1.82, 2.24) is 5.32 Å². The smallest absolute Gasteiger partial charge is 0.370 e. The van der Waals surface area contributed by atoms with Gasteiger partial charge < -0.3 is 11.1 Å². The molecule has 2 amide bonds. The number of hydrogen-bond donors (Lipinski definition) is 2. The highest BCUT2D eigenvalue weighted by Crippen LogP contribution is 2.26. The number of amides is 2. The van der Waals surface area contributed by atoms with E-state index in [1.54, 1.807) is 6.92 Å². The summed E-state index contributed by atoms with van der Waals surface area (Å²) in [4.78, 5) is 33.8. The van der Waals surface area contributed by atoms with E-state index < -0.39 is 41.8 Å². The highest BCUT2D eigenvalue weighted by molar-refractivity contribution is 6.09. The van der Waals surface area contributed by atoms with Gasteiger partial charge in [0.1, 0.15) is 0 Å². The van der Waals surface area contributed by atoms with Gasteiger partial charge in [-0.1, -0.05) is 20.8 Å². The summed E-state index contributed by atoms with van der Waals surface area (Å²) in [5.41, 5.74) is 4.93. The van der Waals surface area contributed by atoms with Crippen LogP contribution < -0.4 is 11.1 Å². The molecule has 0 aliphatic heterocycles. The van der Waals surface area contributed by atoms with Crippen molar-refractivity contribution in [2.75, 3.05) is 6.54 Å². The molecule has 0 rings (SSSR count). The van der Waals surface area contributed by atoms with Crippen LogP contribution in [0.15, 0.2) is 0 Å². The van der Waals surface area contributed by atoms with E-state index in [2.05, 4.69) is 0 Å². The van der Waals surface area contributed by atoms with Crippen molar-refractivity contribution in [3.05, 3.63) is 0 Å². The molecule has 0 aromatic rings. The van der Waals surface area contributed by atoms with Gasteiger partial charge in [-0.25, -0.2) is 0 Å². The lowest BCUT2D eigenvalue weighted by Crippen LogP contribution is -2.50. The van der Waals surface area contributed by atoms with E-state index in [0.29, 0.717) is 6.42 Å². The fraction of sp³-hybridized carbons (Fsp3) is 0.750. The molecule has 19 heavy (non-hydrogen) atoms. The van der Waals surface area contributed by atoms with Crippen LogP contribution >= 0.6 is 0 Å². The zero-order valence-electron chi connectivity index (χ0n) is 11.3.